The van der Waals surface area contributed by atoms with Crippen LogP contribution in [0.3, 0.4) is 0 Å². The predicted octanol–water partition coefficient (Wildman–Crippen LogP) is 4.38. The van der Waals surface area contributed by atoms with Gasteiger partial charge in [-0.3, -0.25) is 0 Å². The highest BCUT2D eigenvalue weighted by Crippen LogP contribution is 2.23. The van der Waals surface area contributed by atoms with Gasteiger partial charge in [-0.15, -0.1) is 0 Å². The number of para-hydroxylation sites is 1. The molecule has 18 heavy (non-hydrogen) atoms. The maximum atomic E-state index is 5.33. The maximum absolute atomic E-state index is 5.33. The van der Waals surface area contributed by atoms with E-state index in [1.54, 1.807) is 7.11 Å². The lowest BCUT2D eigenvalue weighted by molar-refractivity contribution is 0.410. The van der Waals surface area contributed by atoms with Crippen molar-refractivity contribution in [2.45, 2.75) is 13.5 Å². The Kier molecular flexibility index (Phi) is 4.26. The number of methoxy groups -OCH3 is 1. The van der Waals surface area contributed by atoms with Gasteiger partial charge in [0.25, 0.3) is 0 Å². The Balaban J connectivity index is 2.09. The fourth-order valence-corrected chi connectivity index (χ4v) is 2.13. The first kappa shape index (κ1) is 13.0. The zero-order valence-electron chi connectivity index (χ0n) is 10.5. The second-order valence-electron chi connectivity index (χ2n) is 4.13. The van der Waals surface area contributed by atoms with Gasteiger partial charge in [0.1, 0.15) is 5.75 Å². The highest BCUT2D eigenvalue weighted by Gasteiger charge is 2.02. The Morgan fingerprint density at radius 3 is 2.67 bits per heavy atom. The summed E-state index contributed by atoms with van der Waals surface area (Å²) in [5.41, 5.74) is 3.48. The number of halogens is 1. The smallest absolute Gasteiger partial charge is 0.123 e. The molecule has 0 bridgehead atoms. The normalized spacial score (nSPS) is 10.2. The Hall–Kier alpha value is -1.48. The number of anilines is 1. The molecule has 2 nitrogen and oxygen atoms in total. The average molecular weight is 306 g/mol. The minimum absolute atomic E-state index is 0.750. The molecular weight excluding hydrogens is 290 g/mol. The van der Waals surface area contributed by atoms with Crippen LogP contribution in [-0.2, 0) is 6.54 Å². The third kappa shape index (κ3) is 3.05. The molecule has 0 spiro atoms. The highest BCUT2D eigenvalue weighted by molar-refractivity contribution is 9.10. The molecule has 94 valence electrons. The van der Waals surface area contributed by atoms with E-state index in [1.807, 2.05) is 18.2 Å². The van der Waals surface area contributed by atoms with Crippen molar-refractivity contribution in [3.8, 4) is 5.75 Å². The van der Waals surface area contributed by atoms with Crippen LogP contribution in [0.1, 0.15) is 11.1 Å². The van der Waals surface area contributed by atoms with E-state index in [-0.39, 0.29) is 0 Å². The van der Waals surface area contributed by atoms with Crippen LogP contribution in [-0.4, -0.2) is 7.11 Å². The highest BCUT2D eigenvalue weighted by atomic mass is 79.9. The Bertz CT molecular complexity index is 540. The van der Waals surface area contributed by atoms with E-state index in [1.165, 1.54) is 5.56 Å². The van der Waals surface area contributed by atoms with E-state index < -0.39 is 0 Å². The molecule has 0 heterocycles. The van der Waals surface area contributed by atoms with E-state index in [2.05, 4.69) is 52.4 Å². The van der Waals surface area contributed by atoms with Crippen LogP contribution in [0.4, 0.5) is 5.69 Å². The van der Waals surface area contributed by atoms with E-state index in [0.29, 0.717) is 0 Å². The van der Waals surface area contributed by atoms with Gasteiger partial charge in [0, 0.05) is 22.3 Å². The Labute approximate surface area is 116 Å². The lowest BCUT2D eigenvalue weighted by Crippen LogP contribution is -2.01. The molecule has 0 aliphatic rings. The Morgan fingerprint density at radius 2 is 1.94 bits per heavy atom. The molecule has 2 aromatic carbocycles. The van der Waals surface area contributed by atoms with E-state index >= 15 is 0 Å². The van der Waals surface area contributed by atoms with Gasteiger partial charge in [0.2, 0.25) is 0 Å². The van der Waals surface area contributed by atoms with Crippen LogP contribution >= 0.6 is 15.9 Å². The molecular formula is C15H16BrNO. The van der Waals surface area contributed by atoms with Crippen LogP contribution in [0, 0.1) is 6.92 Å². The summed E-state index contributed by atoms with van der Waals surface area (Å²) in [5, 5.41) is 3.39. The molecule has 0 radical (unpaired) electrons. The van der Waals surface area contributed by atoms with Crippen molar-refractivity contribution < 1.29 is 4.74 Å². The van der Waals surface area contributed by atoms with Gasteiger partial charge in [-0.1, -0.05) is 40.2 Å². The predicted molar refractivity (Wildman–Crippen MR) is 79.2 cm³/mol. The van der Waals surface area contributed by atoms with Gasteiger partial charge in [-0.25, -0.2) is 0 Å². The van der Waals surface area contributed by atoms with Gasteiger partial charge in [-0.2, -0.15) is 0 Å². The number of hydrogen-bond acceptors (Lipinski definition) is 2. The van der Waals surface area contributed by atoms with Crippen LogP contribution in [0.5, 0.6) is 5.75 Å². The zero-order chi connectivity index (χ0) is 13.0. The number of nitrogens with one attached hydrogen (secondary N) is 1. The van der Waals surface area contributed by atoms with E-state index in [9.17, 15) is 0 Å². The van der Waals surface area contributed by atoms with E-state index in [4.69, 9.17) is 4.74 Å². The van der Waals surface area contributed by atoms with Crippen LogP contribution < -0.4 is 10.1 Å². The molecule has 0 unspecified atom stereocenters. The minimum Gasteiger partial charge on any atom is -0.496 e. The van der Waals surface area contributed by atoms with Gasteiger partial charge >= 0.3 is 0 Å². The second-order valence-corrected chi connectivity index (χ2v) is 4.98. The number of aryl methyl sites for hydroxylation is 1. The van der Waals surface area contributed by atoms with Crippen molar-refractivity contribution in [2.75, 3.05) is 12.4 Å². The van der Waals surface area contributed by atoms with Crippen molar-refractivity contribution in [3.63, 3.8) is 0 Å². The summed E-state index contributed by atoms with van der Waals surface area (Å²) < 4.78 is 6.45. The monoisotopic (exact) mass is 305 g/mol. The molecule has 0 atom stereocenters. The summed E-state index contributed by atoms with van der Waals surface area (Å²) in [7, 11) is 1.70. The van der Waals surface area contributed by atoms with Gasteiger partial charge < -0.3 is 10.1 Å². The van der Waals surface area contributed by atoms with Crippen molar-refractivity contribution in [1.29, 1.82) is 0 Å². The van der Waals surface area contributed by atoms with Crippen molar-refractivity contribution >= 4 is 21.6 Å². The largest absolute Gasteiger partial charge is 0.496 e. The lowest BCUT2D eigenvalue weighted by atomic mass is 10.2. The molecule has 0 aromatic heterocycles. The zero-order valence-corrected chi connectivity index (χ0v) is 12.1. The standard InChI is InChI=1S/C15H16BrNO/c1-11-7-8-13(9-14(11)16)17-10-12-5-3-4-6-15(12)18-2/h3-9,17H,10H2,1-2H3. The average Bonchev–Trinajstić information content (AvgIpc) is 2.40. The first-order valence-corrected chi connectivity index (χ1v) is 6.62. The molecule has 0 saturated carbocycles. The fraction of sp³-hybridized carbons (Fsp3) is 0.200. The van der Waals surface area contributed by atoms with Gasteiger partial charge in [0.05, 0.1) is 7.11 Å². The second kappa shape index (κ2) is 5.91. The number of hydrogen-bond donors (Lipinski definition) is 1. The maximum Gasteiger partial charge on any atom is 0.123 e. The lowest BCUT2D eigenvalue weighted by Gasteiger charge is -2.11. The van der Waals surface area contributed by atoms with Gasteiger partial charge in [0.15, 0.2) is 0 Å². The third-order valence-electron chi connectivity index (χ3n) is 2.85. The SMILES string of the molecule is COc1ccccc1CNc1ccc(C)c(Br)c1. The third-order valence-corrected chi connectivity index (χ3v) is 3.70. The molecule has 0 amide bonds. The minimum atomic E-state index is 0.750. The molecule has 0 fully saturated rings. The summed E-state index contributed by atoms with van der Waals surface area (Å²) >= 11 is 3.54. The number of benzene rings is 2. The topological polar surface area (TPSA) is 21.3 Å². The summed E-state index contributed by atoms with van der Waals surface area (Å²) in [6.45, 7) is 2.83. The first-order valence-electron chi connectivity index (χ1n) is 5.82. The van der Waals surface area contributed by atoms with E-state index in [0.717, 1.165) is 28.0 Å². The summed E-state index contributed by atoms with van der Waals surface area (Å²) in [4.78, 5) is 0. The summed E-state index contributed by atoms with van der Waals surface area (Å²) in [6, 6.07) is 14.3. The molecule has 0 aliphatic heterocycles. The number of rotatable bonds is 4. The molecule has 0 aliphatic carbocycles. The Morgan fingerprint density at radius 1 is 1.17 bits per heavy atom. The number of ether oxygens (including phenoxy) is 1. The molecule has 0 saturated heterocycles. The quantitative estimate of drug-likeness (QED) is 0.905. The fourth-order valence-electron chi connectivity index (χ4n) is 1.75. The molecule has 3 heteroatoms. The molecule has 2 aromatic rings. The summed E-state index contributed by atoms with van der Waals surface area (Å²) in [5.74, 6) is 0.913. The van der Waals surface area contributed by atoms with Crippen LogP contribution in [0.15, 0.2) is 46.9 Å². The first-order chi connectivity index (χ1) is 8.70. The van der Waals surface area contributed by atoms with Gasteiger partial charge in [-0.05, 0) is 30.7 Å². The summed E-state index contributed by atoms with van der Waals surface area (Å²) in [6.07, 6.45) is 0. The molecule has 1 N–H and O–H groups in total. The van der Waals surface area contributed by atoms with Crippen molar-refractivity contribution in [1.82, 2.24) is 0 Å². The van der Waals surface area contributed by atoms with Crippen LogP contribution in [0.25, 0.3) is 0 Å². The van der Waals surface area contributed by atoms with Crippen molar-refractivity contribution in [3.05, 3.63) is 58.1 Å². The van der Waals surface area contributed by atoms with Crippen molar-refractivity contribution in [2.24, 2.45) is 0 Å². The molecule has 2 rings (SSSR count). The van der Waals surface area contributed by atoms with Crippen LogP contribution in [0.2, 0.25) is 0 Å².